The Kier molecular flexibility index (Phi) is 5.09. The molecule has 2 aromatic carbocycles. The molecule has 0 saturated heterocycles. The first-order valence-electron chi connectivity index (χ1n) is 9.63. The van der Waals surface area contributed by atoms with Crippen LogP contribution in [0.1, 0.15) is 19.3 Å². The third-order valence-corrected chi connectivity index (χ3v) is 5.80. The summed E-state index contributed by atoms with van der Waals surface area (Å²) >= 11 is 0. The summed E-state index contributed by atoms with van der Waals surface area (Å²) in [6.07, 6.45) is 5.16. The van der Waals surface area contributed by atoms with Crippen LogP contribution in [-0.2, 0) is 6.54 Å². The Bertz CT molecular complexity index is 940. The van der Waals surface area contributed by atoms with Crippen molar-refractivity contribution in [3.05, 3.63) is 54.9 Å². The van der Waals surface area contributed by atoms with Gasteiger partial charge in [-0.25, -0.2) is 4.98 Å². The molecule has 5 heteroatoms. The number of nitrogens with zero attached hydrogens (tertiary/aromatic N) is 2. The molecule has 1 saturated carbocycles. The van der Waals surface area contributed by atoms with E-state index in [0.29, 0.717) is 11.5 Å². The minimum absolute atomic E-state index is 0.0417. The van der Waals surface area contributed by atoms with Gasteiger partial charge in [-0.15, -0.1) is 0 Å². The number of imidazole rings is 1. The average molecular weight is 378 g/mol. The van der Waals surface area contributed by atoms with Crippen molar-refractivity contribution < 1.29 is 14.6 Å². The van der Waals surface area contributed by atoms with Crippen molar-refractivity contribution in [3.63, 3.8) is 0 Å². The molecule has 1 aliphatic rings. The molecule has 0 radical (unpaired) electrons. The Balaban J connectivity index is 1.84. The number of methoxy groups -OCH3 is 2. The second-order valence-corrected chi connectivity index (χ2v) is 7.52. The van der Waals surface area contributed by atoms with Gasteiger partial charge in [-0.1, -0.05) is 36.8 Å². The van der Waals surface area contributed by atoms with E-state index in [4.69, 9.17) is 14.5 Å². The summed E-state index contributed by atoms with van der Waals surface area (Å²) in [5, 5.41) is 9.96. The zero-order chi connectivity index (χ0) is 19.6. The van der Waals surface area contributed by atoms with Crippen molar-refractivity contribution >= 4 is 0 Å². The van der Waals surface area contributed by atoms with Crippen LogP contribution >= 0.6 is 0 Å². The zero-order valence-electron chi connectivity index (χ0n) is 16.4. The van der Waals surface area contributed by atoms with Gasteiger partial charge in [-0.3, -0.25) is 0 Å². The molecule has 1 heterocycles. The Labute approximate surface area is 165 Å². The van der Waals surface area contributed by atoms with Gasteiger partial charge in [-0.05, 0) is 31.0 Å². The lowest BCUT2D eigenvalue weighted by molar-refractivity contribution is 0.0280. The lowest BCUT2D eigenvalue weighted by Gasteiger charge is -2.40. The smallest absolute Gasteiger partial charge is 0.161 e. The second-order valence-electron chi connectivity index (χ2n) is 7.52. The van der Waals surface area contributed by atoms with E-state index in [2.05, 4.69) is 16.7 Å². The molecule has 28 heavy (non-hydrogen) atoms. The highest BCUT2D eigenvalue weighted by Gasteiger charge is 2.37. The summed E-state index contributed by atoms with van der Waals surface area (Å²) in [7, 11) is 3.28. The number of ether oxygens (including phenoxy) is 2. The van der Waals surface area contributed by atoms with E-state index in [1.54, 1.807) is 14.2 Å². The normalized spacial score (nSPS) is 15.1. The first-order chi connectivity index (χ1) is 13.7. The Hall–Kier alpha value is -2.79. The number of hydrogen-bond acceptors (Lipinski definition) is 4. The monoisotopic (exact) mass is 378 g/mol. The predicted octanol–water partition coefficient (Wildman–Crippen LogP) is 4.40. The van der Waals surface area contributed by atoms with Crippen molar-refractivity contribution in [2.75, 3.05) is 20.8 Å². The van der Waals surface area contributed by atoms with Crippen LogP contribution in [0.25, 0.3) is 22.5 Å². The Morgan fingerprint density at radius 2 is 1.75 bits per heavy atom. The number of aliphatic hydroxyl groups excluding tert-OH is 1. The molecule has 4 rings (SSSR count). The average Bonchev–Trinajstić information content (AvgIpc) is 3.14. The standard InChI is InChI=1S/C23H26N2O3/c1-27-19-10-9-18(13-20(19)28-2)22-21(17-7-4-3-5-8-17)24-16-25(22)14-23(15-26)11-6-12-23/h3-5,7-10,13,16,26H,6,11-12,14-15H2,1-2H3. The van der Waals surface area contributed by atoms with E-state index in [-0.39, 0.29) is 12.0 Å². The van der Waals surface area contributed by atoms with E-state index in [0.717, 1.165) is 41.9 Å². The maximum atomic E-state index is 9.96. The summed E-state index contributed by atoms with van der Waals surface area (Å²) < 4.78 is 13.1. The molecule has 1 N–H and O–H groups in total. The molecule has 0 bridgehead atoms. The summed E-state index contributed by atoms with van der Waals surface area (Å²) in [6.45, 7) is 0.963. The Morgan fingerprint density at radius 3 is 2.36 bits per heavy atom. The van der Waals surface area contributed by atoms with Crippen LogP contribution in [0.4, 0.5) is 0 Å². The van der Waals surface area contributed by atoms with Crippen LogP contribution in [0, 0.1) is 5.41 Å². The number of aromatic nitrogens is 2. The van der Waals surface area contributed by atoms with Gasteiger partial charge in [0.1, 0.15) is 0 Å². The summed E-state index contributed by atoms with van der Waals surface area (Å²) in [5.41, 5.74) is 4.01. The number of benzene rings is 2. The molecule has 0 aliphatic heterocycles. The van der Waals surface area contributed by atoms with Gasteiger partial charge in [0, 0.05) is 23.1 Å². The van der Waals surface area contributed by atoms with Gasteiger partial charge < -0.3 is 19.1 Å². The Morgan fingerprint density at radius 1 is 1.00 bits per heavy atom. The molecule has 1 aliphatic carbocycles. The van der Waals surface area contributed by atoms with Crippen LogP contribution in [0.5, 0.6) is 11.5 Å². The molecule has 1 aromatic heterocycles. The largest absolute Gasteiger partial charge is 0.493 e. The van der Waals surface area contributed by atoms with Gasteiger partial charge in [0.25, 0.3) is 0 Å². The molecular formula is C23H26N2O3. The van der Waals surface area contributed by atoms with Crippen molar-refractivity contribution in [2.45, 2.75) is 25.8 Å². The third kappa shape index (κ3) is 3.27. The maximum absolute atomic E-state index is 9.96. The molecule has 3 aromatic rings. The fraction of sp³-hybridized carbons (Fsp3) is 0.348. The van der Waals surface area contributed by atoms with Crippen LogP contribution in [0.2, 0.25) is 0 Å². The van der Waals surface area contributed by atoms with Crippen LogP contribution < -0.4 is 9.47 Å². The van der Waals surface area contributed by atoms with Gasteiger partial charge in [0.2, 0.25) is 0 Å². The highest BCUT2D eigenvalue weighted by molar-refractivity contribution is 5.79. The van der Waals surface area contributed by atoms with Crippen LogP contribution in [0.15, 0.2) is 54.9 Å². The van der Waals surface area contributed by atoms with Gasteiger partial charge in [-0.2, -0.15) is 0 Å². The van der Waals surface area contributed by atoms with Crippen molar-refractivity contribution in [3.8, 4) is 34.0 Å². The number of rotatable bonds is 7. The van der Waals surface area contributed by atoms with Gasteiger partial charge in [0.05, 0.1) is 38.5 Å². The molecule has 0 unspecified atom stereocenters. The van der Waals surface area contributed by atoms with Crippen molar-refractivity contribution in [1.82, 2.24) is 9.55 Å². The topological polar surface area (TPSA) is 56.5 Å². The first-order valence-corrected chi connectivity index (χ1v) is 9.63. The molecular weight excluding hydrogens is 352 g/mol. The van der Waals surface area contributed by atoms with E-state index >= 15 is 0 Å². The van der Waals surface area contributed by atoms with Crippen LogP contribution in [0.3, 0.4) is 0 Å². The molecule has 0 amide bonds. The predicted molar refractivity (Wildman–Crippen MR) is 110 cm³/mol. The third-order valence-electron chi connectivity index (χ3n) is 5.80. The van der Waals surface area contributed by atoms with E-state index in [1.807, 2.05) is 42.7 Å². The summed E-state index contributed by atoms with van der Waals surface area (Å²) in [4.78, 5) is 4.75. The quantitative estimate of drug-likeness (QED) is 0.662. The van der Waals surface area contributed by atoms with Gasteiger partial charge in [0.15, 0.2) is 11.5 Å². The highest BCUT2D eigenvalue weighted by Crippen LogP contribution is 2.44. The lowest BCUT2D eigenvalue weighted by atomic mass is 9.69. The lowest BCUT2D eigenvalue weighted by Crippen LogP contribution is -2.37. The van der Waals surface area contributed by atoms with Crippen molar-refractivity contribution in [2.24, 2.45) is 5.41 Å². The fourth-order valence-electron chi connectivity index (χ4n) is 4.00. The molecule has 0 atom stereocenters. The van der Waals surface area contributed by atoms with E-state index in [9.17, 15) is 5.11 Å². The SMILES string of the molecule is COc1ccc(-c2c(-c3ccccc3)ncn2CC2(CO)CCC2)cc1OC. The van der Waals surface area contributed by atoms with Crippen molar-refractivity contribution in [1.29, 1.82) is 0 Å². The van der Waals surface area contributed by atoms with Crippen LogP contribution in [-0.4, -0.2) is 35.5 Å². The number of hydrogen-bond donors (Lipinski definition) is 1. The van der Waals surface area contributed by atoms with E-state index in [1.165, 1.54) is 6.42 Å². The summed E-state index contributed by atoms with van der Waals surface area (Å²) in [6, 6.07) is 16.1. The second kappa shape index (κ2) is 7.68. The summed E-state index contributed by atoms with van der Waals surface area (Å²) in [5.74, 6) is 1.39. The first kappa shape index (κ1) is 18.6. The van der Waals surface area contributed by atoms with E-state index < -0.39 is 0 Å². The zero-order valence-corrected chi connectivity index (χ0v) is 16.4. The number of aliphatic hydroxyl groups is 1. The molecule has 1 fully saturated rings. The maximum Gasteiger partial charge on any atom is 0.161 e. The molecule has 0 spiro atoms. The minimum atomic E-state index is -0.0417. The molecule has 146 valence electrons. The highest BCUT2D eigenvalue weighted by atomic mass is 16.5. The molecule has 5 nitrogen and oxygen atoms in total. The fourth-order valence-corrected chi connectivity index (χ4v) is 4.00. The van der Waals surface area contributed by atoms with Gasteiger partial charge >= 0.3 is 0 Å². The minimum Gasteiger partial charge on any atom is -0.493 e.